The summed E-state index contributed by atoms with van der Waals surface area (Å²) in [5.41, 5.74) is 6.86. The number of nitrogen functional groups attached to an aromatic ring is 1. The highest BCUT2D eigenvalue weighted by Crippen LogP contribution is 2.33. The molecule has 0 spiro atoms. The first-order valence-corrected chi connectivity index (χ1v) is 7.61. The number of aliphatic hydroxyl groups is 1. The Kier molecular flexibility index (Phi) is 5.51. The first-order chi connectivity index (χ1) is 10.5. The van der Waals surface area contributed by atoms with Gasteiger partial charge in [0.05, 0.1) is 12.8 Å². The summed E-state index contributed by atoms with van der Waals surface area (Å²) in [4.78, 5) is 12.4. The molecule has 2 aromatic heterocycles. The van der Waals surface area contributed by atoms with Gasteiger partial charge in [0.1, 0.15) is 10.4 Å². The fraction of sp³-hybridized carbons (Fsp3) is 0.357. The van der Waals surface area contributed by atoms with Crippen LogP contribution in [0.1, 0.15) is 25.3 Å². The number of rotatable bonds is 6. The van der Waals surface area contributed by atoms with Crippen LogP contribution in [0.2, 0.25) is 0 Å². The van der Waals surface area contributed by atoms with Crippen LogP contribution in [0.3, 0.4) is 0 Å². The van der Waals surface area contributed by atoms with Gasteiger partial charge in [-0.05, 0) is 21.8 Å². The van der Waals surface area contributed by atoms with Crippen LogP contribution in [0.25, 0.3) is 0 Å². The SMILES string of the molecule is CC(C)c1cnc(Br)cc1Oc1cnc(NCCO)nc1N. The largest absolute Gasteiger partial charge is 0.451 e. The van der Waals surface area contributed by atoms with Gasteiger partial charge in [-0.1, -0.05) is 13.8 Å². The molecule has 0 atom stereocenters. The van der Waals surface area contributed by atoms with Gasteiger partial charge in [-0.15, -0.1) is 0 Å². The van der Waals surface area contributed by atoms with Crippen LogP contribution in [0, 0.1) is 0 Å². The normalized spacial score (nSPS) is 10.8. The van der Waals surface area contributed by atoms with E-state index >= 15 is 0 Å². The number of hydrogen-bond donors (Lipinski definition) is 3. The lowest BCUT2D eigenvalue weighted by molar-refractivity contribution is 0.311. The molecule has 0 radical (unpaired) electrons. The molecule has 0 bridgehead atoms. The third-order valence-electron chi connectivity index (χ3n) is 2.88. The Morgan fingerprint density at radius 3 is 2.73 bits per heavy atom. The van der Waals surface area contributed by atoms with Gasteiger partial charge in [-0.2, -0.15) is 4.98 Å². The Bertz CT molecular complexity index is 651. The first kappa shape index (κ1) is 16.4. The molecule has 2 aromatic rings. The van der Waals surface area contributed by atoms with Crippen molar-refractivity contribution in [2.24, 2.45) is 0 Å². The molecule has 0 unspecified atom stereocenters. The molecule has 0 aliphatic heterocycles. The number of halogens is 1. The van der Waals surface area contributed by atoms with Crippen molar-refractivity contribution < 1.29 is 9.84 Å². The average molecular weight is 368 g/mol. The van der Waals surface area contributed by atoms with Crippen molar-refractivity contribution in [2.45, 2.75) is 19.8 Å². The molecule has 4 N–H and O–H groups in total. The fourth-order valence-corrected chi connectivity index (χ4v) is 2.09. The number of aromatic nitrogens is 3. The predicted molar refractivity (Wildman–Crippen MR) is 88.1 cm³/mol. The lowest BCUT2D eigenvalue weighted by Gasteiger charge is -2.14. The fourth-order valence-electron chi connectivity index (χ4n) is 1.78. The summed E-state index contributed by atoms with van der Waals surface area (Å²) in [7, 11) is 0. The van der Waals surface area contributed by atoms with E-state index in [1.807, 2.05) is 0 Å². The number of nitrogens with zero attached hydrogens (tertiary/aromatic N) is 3. The van der Waals surface area contributed by atoms with E-state index in [9.17, 15) is 0 Å². The van der Waals surface area contributed by atoms with E-state index in [1.54, 1.807) is 12.3 Å². The van der Waals surface area contributed by atoms with Crippen LogP contribution in [-0.4, -0.2) is 33.2 Å². The van der Waals surface area contributed by atoms with Gasteiger partial charge in [0.2, 0.25) is 5.95 Å². The van der Waals surface area contributed by atoms with E-state index < -0.39 is 0 Å². The van der Waals surface area contributed by atoms with Crippen molar-refractivity contribution in [2.75, 3.05) is 24.2 Å². The summed E-state index contributed by atoms with van der Waals surface area (Å²) in [6.07, 6.45) is 3.26. The molecular weight excluding hydrogens is 350 g/mol. The maximum atomic E-state index is 8.77. The Morgan fingerprint density at radius 2 is 2.09 bits per heavy atom. The number of hydrogen-bond acceptors (Lipinski definition) is 7. The topological polar surface area (TPSA) is 106 Å². The highest BCUT2D eigenvalue weighted by atomic mass is 79.9. The van der Waals surface area contributed by atoms with Crippen LogP contribution in [0.15, 0.2) is 23.1 Å². The molecule has 2 rings (SSSR count). The van der Waals surface area contributed by atoms with E-state index in [0.29, 0.717) is 28.6 Å². The van der Waals surface area contributed by atoms with Crippen LogP contribution in [-0.2, 0) is 0 Å². The molecule has 22 heavy (non-hydrogen) atoms. The molecule has 0 amide bonds. The highest BCUT2D eigenvalue weighted by Gasteiger charge is 2.13. The molecule has 8 heteroatoms. The van der Waals surface area contributed by atoms with Crippen molar-refractivity contribution in [3.8, 4) is 11.5 Å². The molecular formula is C14H18BrN5O2. The Morgan fingerprint density at radius 1 is 1.32 bits per heavy atom. The third-order valence-corrected chi connectivity index (χ3v) is 3.32. The zero-order valence-electron chi connectivity index (χ0n) is 12.4. The maximum absolute atomic E-state index is 8.77. The minimum Gasteiger partial charge on any atom is -0.451 e. The van der Waals surface area contributed by atoms with Crippen LogP contribution in [0.4, 0.5) is 11.8 Å². The van der Waals surface area contributed by atoms with E-state index in [0.717, 1.165) is 5.56 Å². The van der Waals surface area contributed by atoms with Gasteiger partial charge >= 0.3 is 0 Å². The molecule has 0 fully saturated rings. The zero-order chi connectivity index (χ0) is 16.1. The lowest BCUT2D eigenvalue weighted by Crippen LogP contribution is -2.10. The number of nitrogens with two attached hydrogens (primary N) is 1. The summed E-state index contributed by atoms with van der Waals surface area (Å²) in [6.45, 7) is 4.46. The highest BCUT2D eigenvalue weighted by molar-refractivity contribution is 9.10. The number of pyridine rings is 1. The molecule has 2 heterocycles. The van der Waals surface area contributed by atoms with Gasteiger partial charge in [0.15, 0.2) is 11.6 Å². The van der Waals surface area contributed by atoms with Gasteiger partial charge in [0.25, 0.3) is 0 Å². The zero-order valence-corrected chi connectivity index (χ0v) is 14.0. The Hall–Kier alpha value is -1.93. The summed E-state index contributed by atoms with van der Waals surface area (Å²) in [6, 6.07) is 1.78. The lowest BCUT2D eigenvalue weighted by atomic mass is 10.1. The standard InChI is InChI=1S/C14H18BrN5O2/c1-8(2)9-6-18-12(15)5-10(9)22-11-7-19-14(17-3-4-21)20-13(11)16/h5-8,21H,3-4H2,1-2H3,(H3,16,17,19,20). The maximum Gasteiger partial charge on any atom is 0.224 e. The second-order valence-electron chi connectivity index (χ2n) is 4.90. The van der Waals surface area contributed by atoms with E-state index in [4.69, 9.17) is 15.6 Å². The number of ether oxygens (including phenoxy) is 1. The predicted octanol–water partition coefficient (Wildman–Crippen LogP) is 2.54. The summed E-state index contributed by atoms with van der Waals surface area (Å²) in [5, 5.41) is 11.6. The Labute approximate surface area is 137 Å². The van der Waals surface area contributed by atoms with Crippen molar-refractivity contribution in [1.29, 1.82) is 0 Å². The monoisotopic (exact) mass is 367 g/mol. The summed E-state index contributed by atoms with van der Waals surface area (Å²) >= 11 is 3.33. The molecule has 0 saturated carbocycles. The second kappa shape index (κ2) is 7.37. The molecule has 0 aromatic carbocycles. The van der Waals surface area contributed by atoms with Gasteiger partial charge < -0.3 is 20.9 Å². The van der Waals surface area contributed by atoms with E-state index in [2.05, 4.69) is 50.0 Å². The van der Waals surface area contributed by atoms with Crippen molar-refractivity contribution in [1.82, 2.24) is 15.0 Å². The van der Waals surface area contributed by atoms with Crippen LogP contribution < -0.4 is 15.8 Å². The Balaban J connectivity index is 2.25. The molecule has 118 valence electrons. The smallest absolute Gasteiger partial charge is 0.224 e. The number of nitrogens with one attached hydrogen (secondary N) is 1. The van der Waals surface area contributed by atoms with Crippen LogP contribution in [0.5, 0.6) is 11.5 Å². The molecule has 7 nitrogen and oxygen atoms in total. The first-order valence-electron chi connectivity index (χ1n) is 6.81. The summed E-state index contributed by atoms with van der Waals surface area (Å²) < 4.78 is 6.52. The van der Waals surface area contributed by atoms with Crippen LogP contribution >= 0.6 is 15.9 Å². The van der Waals surface area contributed by atoms with E-state index in [-0.39, 0.29) is 18.3 Å². The van der Waals surface area contributed by atoms with Crippen molar-refractivity contribution in [3.05, 3.63) is 28.6 Å². The van der Waals surface area contributed by atoms with E-state index in [1.165, 1.54) is 6.20 Å². The molecule has 0 aliphatic rings. The molecule has 0 aliphatic carbocycles. The van der Waals surface area contributed by atoms with Crippen molar-refractivity contribution >= 4 is 27.7 Å². The summed E-state index contributed by atoms with van der Waals surface area (Å²) in [5.74, 6) is 1.85. The van der Waals surface area contributed by atoms with Gasteiger partial charge in [-0.25, -0.2) is 9.97 Å². The van der Waals surface area contributed by atoms with Crippen molar-refractivity contribution in [3.63, 3.8) is 0 Å². The quantitative estimate of drug-likeness (QED) is 0.673. The van der Waals surface area contributed by atoms with Gasteiger partial charge in [0, 0.05) is 24.4 Å². The second-order valence-corrected chi connectivity index (χ2v) is 5.71. The minimum atomic E-state index is -0.00962. The minimum absolute atomic E-state index is 0.00962. The third kappa shape index (κ3) is 4.05. The number of anilines is 2. The number of aliphatic hydroxyl groups excluding tert-OH is 1. The van der Waals surface area contributed by atoms with Gasteiger partial charge in [-0.3, -0.25) is 0 Å². The molecule has 0 saturated heterocycles. The average Bonchev–Trinajstić information content (AvgIpc) is 2.47.